The summed E-state index contributed by atoms with van der Waals surface area (Å²) in [4.78, 5) is 23.8. The Morgan fingerprint density at radius 1 is 1.29 bits per heavy atom. The summed E-state index contributed by atoms with van der Waals surface area (Å²) in [5.41, 5.74) is 0.419. The molecule has 21 heavy (non-hydrogen) atoms. The largest absolute Gasteiger partial charge is 0.480 e. The van der Waals surface area contributed by atoms with E-state index in [0.29, 0.717) is 6.42 Å². The zero-order valence-electron chi connectivity index (χ0n) is 12.2. The first-order chi connectivity index (χ1) is 9.85. The molecule has 0 unspecified atom stereocenters. The van der Waals surface area contributed by atoms with E-state index in [4.69, 9.17) is 0 Å². The first-order valence-electron chi connectivity index (χ1n) is 7.15. The lowest BCUT2D eigenvalue weighted by Crippen LogP contribution is -2.46. The monoisotopic (exact) mass is 353 g/mol. The lowest BCUT2D eigenvalue weighted by molar-refractivity contribution is -0.142. The van der Waals surface area contributed by atoms with Gasteiger partial charge in [0, 0.05) is 4.47 Å². The molecular formula is C16H20BrNO3. The zero-order valence-corrected chi connectivity index (χ0v) is 13.8. The molecule has 1 aromatic carbocycles. The summed E-state index contributed by atoms with van der Waals surface area (Å²) in [6.07, 6.45) is 1.99. The summed E-state index contributed by atoms with van der Waals surface area (Å²) in [7, 11) is 0. The molecule has 114 valence electrons. The third-order valence-corrected chi connectivity index (χ3v) is 4.42. The minimum absolute atomic E-state index is 0.169. The smallest absolute Gasteiger partial charge is 0.326 e. The number of amides is 1. The van der Waals surface area contributed by atoms with Crippen LogP contribution >= 0.6 is 15.9 Å². The average Bonchev–Trinajstić information content (AvgIpc) is 3.19. The van der Waals surface area contributed by atoms with E-state index in [0.717, 1.165) is 22.9 Å². The molecule has 1 saturated carbocycles. The van der Waals surface area contributed by atoms with Crippen molar-refractivity contribution in [3.8, 4) is 0 Å². The average molecular weight is 354 g/mol. The van der Waals surface area contributed by atoms with Gasteiger partial charge in [-0.1, -0.05) is 41.9 Å². The van der Waals surface area contributed by atoms with Crippen LogP contribution in [0.2, 0.25) is 0 Å². The molecular weight excluding hydrogens is 334 g/mol. The molecule has 1 aliphatic carbocycles. The van der Waals surface area contributed by atoms with E-state index < -0.39 is 17.4 Å². The van der Waals surface area contributed by atoms with Gasteiger partial charge in [0.2, 0.25) is 5.91 Å². The molecule has 1 aliphatic rings. The standard InChI is InChI=1S/C16H20BrNO3/c1-10(2)9-13(14(19)20)18-15(21)16(7-8-16)11-3-5-12(17)6-4-11/h3-6,10,13H,7-9H2,1-2H3,(H,18,21)(H,19,20)/t13-/m1/s1. The minimum Gasteiger partial charge on any atom is -0.480 e. The first kappa shape index (κ1) is 16.0. The Morgan fingerprint density at radius 3 is 2.29 bits per heavy atom. The Morgan fingerprint density at radius 2 is 1.86 bits per heavy atom. The van der Waals surface area contributed by atoms with Crippen molar-refractivity contribution in [1.82, 2.24) is 5.32 Å². The SMILES string of the molecule is CC(C)C[C@@H](NC(=O)C1(c2ccc(Br)cc2)CC1)C(=O)O. The van der Waals surface area contributed by atoms with Crippen LogP contribution in [0.3, 0.4) is 0 Å². The van der Waals surface area contributed by atoms with E-state index in [1.54, 1.807) is 0 Å². The van der Waals surface area contributed by atoms with Gasteiger partial charge in [-0.15, -0.1) is 0 Å². The Bertz CT molecular complexity index is 535. The maximum atomic E-state index is 12.5. The van der Waals surface area contributed by atoms with Crippen molar-refractivity contribution in [1.29, 1.82) is 0 Å². The van der Waals surface area contributed by atoms with Gasteiger partial charge in [0.1, 0.15) is 6.04 Å². The zero-order chi connectivity index (χ0) is 15.6. The van der Waals surface area contributed by atoms with Gasteiger partial charge in [0.05, 0.1) is 5.41 Å². The van der Waals surface area contributed by atoms with Gasteiger partial charge in [-0.3, -0.25) is 4.79 Å². The summed E-state index contributed by atoms with van der Waals surface area (Å²) in [6, 6.07) is 6.85. The number of benzene rings is 1. The summed E-state index contributed by atoms with van der Waals surface area (Å²) >= 11 is 3.38. The maximum absolute atomic E-state index is 12.5. The lowest BCUT2D eigenvalue weighted by atomic mass is 9.94. The summed E-state index contributed by atoms with van der Waals surface area (Å²) in [5, 5.41) is 12.0. The number of nitrogens with one attached hydrogen (secondary N) is 1. The number of halogens is 1. The van der Waals surface area contributed by atoms with Crippen molar-refractivity contribution in [3.05, 3.63) is 34.3 Å². The molecule has 1 atom stereocenters. The molecule has 1 aromatic rings. The molecule has 0 aliphatic heterocycles. The van der Waals surface area contributed by atoms with Crippen LogP contribution in [0.1, 0.15) is 38.7 Å². The van der Waals surface area contributed by atoms with E-state index in [9.17, 15) is 14.7 Å². The lowest BCUT2D eigenvalue weighted by Gasteiger charge is -2.21. The van der Waals surface area contributed by atoms with Crippen molar-refractivity contribution < 1.29 is 14.7 Å². The predicted octanol–water partition coefficient (Wildman–Crippen LogP) is 3.10. The van der Waals surface area contributed by atoms with Crippen LogP contribution in [0.5, 0.6) is 0 Å². The number of carbonyl (C=O) groups excluding carboxylic acids is 1. The van der Waals surface area contributed by atoms with Gasteiger partial charge < -0.3 is 10.4 Å². The molecule has 1 amide bonds. The van der Waals surface area contributed by atoms with Crippen LogP contribution in [-0.4, -0.2) is 23.0 Å². The summed E-state index contributed by atoms with van der Waals surface area (Å²) < 4.78 is 0.964. The highest BCUT2D eigenvalue weighted by Gasteiger charge is 2.51. The Balaban J connectivity index is 2.11. The van der Waals surface area contributed by atoms with E-state index >= 15 is 0 Å². The predicted molar refractivity (Wildman–Crippen MR) is 84.1 cm³/mol. The van der Waals surface area contributed by atoms with Gasteiger partial charge in [-0.05, 0) is 42.9 Å². The van der Waals surface area contributed by atoms with Crippen LogP contribution in [-0.2, 0) is 15.0 Å². The normalized spacial score (nSPS) is 17.3. The molecule has 2 rings (SSSR count). The summed E-state index contributed by atoms with van der Waals surface area (Å²) in [6.45, 7) is 3.90. The molecule has 0 aromatic heterocycles. The fourth-order valence-electron chi connectivity index (χ4n) is 2.53. The fraction of sp³-hybridized carbons (Fsp3) is 0.500. The van der Waals surface area contributed by atoms with Gasteiger partial charge in [0.25, 0.3) is 0 Å². The number of aliphatic carboxylic acids is 1. The third kappa shape index (κ3) is 3.64. The molecule has 0 heterocycles. The number of rotatable bonds is 6. The number of hydrogen-bond acceptors (Lipinski definition) is 2. The van der Waals surface area contributed by atoms with E-state index in [2.05, 4.69) is 21.2 Å². The van der Waals surface area contributed by atoms with Crippen molar-refractivity contribution in [2.45, 2.75) is 44.6 Å². The number of carboxylic acid groups (broad SMARTS) is 1. The van der Waals surface area contributed by atoms with Crippen molar-refractivity contribution in [2.24, 2.45) is 5.92 Å². The highest BCUT2D eigenvalue weighted by Crippen LogP contribution is 2.48. The first-order valence-corrected chi connectivity index (χ1v) is 7.94. The van der Waals surface area contributed by atoms with Crippen LogP contribution in [0.4, 0.5) is 0 Å². The number of carboxylic acids is 1. The second-order valence-electron chi connectivity index (χ2n) is 6.08. The second-order valence-corrected chi connectivity index (χ2v) is 7.00. The van der Waals surface area contributed by atoms with Crippen LogP contribution in [0.15, 0.2) is 28.7 Å². The minimum atomic E-state index is -0.969. The highest BCUT2D eigenvalue weighted by atomic mass is 79.9. The van der Waals surface area contributed by atoms with Gasteiger partial charge in [-0.2, -0.15) is 0 Å². The van der Waals surface area contributed by atoms with Crippen LogP contribution in [0, 0.1) is 5.92 Å². The Hall–Kier alpha value is -1.36. The molecule has 0 saturated heterocycles. The van der Waals surface area contributed by atoms with Crippen molar-refractivity contribution in [2.75, 3.05) is 0 Å². The maximum Gasteiger partial charge on any atom is 0.326 e. The van der Waals surface area contributed by atoms with Gasteiger partial charge >= 0.3 is 5.97 Å². The van der Waals surface area contributed by atoms with E-state index in [-0.39, 0.29) is 11.8 Å². The molecule has 0 spiro atoms. The van der Waals surface area contributed by atoms with Crippen molar-refractivity contribution >= 4 is 27.8 Å². The van der Waals surface area contributed by atoms with Crippen molar-refractivity contribution in [3.63, 3.8) is 0 Å². The highest BCUT2D eigenvalue weighted by molar-refractivity contribution is 9.10. The van der Waals surface area contributed by atoms with Crippen LogP contribution < -0.4 is 5.32 Å². The van der Waals surface area contributed by atoms with E-state index in [1.165, 1.54) is 0 Å². The number of hydrogen-bond donors (Lipinski definition) is 2. The summed E-state index contributed by atoms with van der Waals surface area (Å²) in [5.74, 6) is -0.921. The molecule has 4 nitrogen and oxygen atoms in total. The quantitative estimate of drug-likeness (QED) is 0.825. The third-order valence-electron chi connectivity index (χ3n) is 3.89. The second kappa shape index (κ2) is 6.18. The number of carbonyl (C=O) groups is 2. The Kier molecular flexibility index (Phi) is 4.71. The topological polar surface area (TPSA) is 66.4 Å². The molecule has 0 radical (unpaired) electrons. The van der Waals surface area contributed by atoms with E-state index in [1.807, 2.05) is 38.1 Å². The van der Waals surface area contributed by atoms with Crippen LogP contribution in [0.25, 0.3) is 0 Å². The molecule has 1 fully saturated rings. The fourth-order valence-corrected chi connectivity index (χ4v) is 2.79. The molecule has 0 bridgehead atoms. The van der Waals surface area contributed by atoms with Gasteiger partial charge in [-0.25, -0.2) is 4.79 Å². The molecule has 5 heteroatoms. The molecule has 2 N–H and O–H groups in total. The van der Waals surface area contributed by atoms with Gasteiger partial charge in [0.15, 0.2) is 0 Å². The Labute approximate surface area is 133 Å².